The third-order valence-electron chi connectivity index (χ3n) is 0.354. The van der Waals surface area contributed by atoms with Gasteiger partial charge in [-0.05, 0) is 0 Å². The van der Waals surface area contributed by atoms with Crippen molar-refractivity contribution in [2.24, 2.45) is 0 Å². The second kappa shape index (κ2) is 3.43. The molecule has 0 aliphatic rings. The summed E-state index contributed by atoms with van der Waals surface area (Å²) in [5, 5.41) is 0. The molecule has 0 saturated heterocycles. The maximum absolute atomic E-state index is 10.4. The molecule has 0 radical (unpaired) electrons. The molecule has 0 unspecified atom stereocenters. The average molecular weight is 217 g/mol. The first-order chi connectivity index (χ1) is 3.92. The number of carbonyl (C=O) groups is 1. The molecular weight excluding hydrogens is 205 g/mol. The minimum atomic E-state index is -0.502. The number of hydrogen-bond donors (Lipinski definition) is 0. The van der Waals surface area contributed by atoms with E-state index in [1.54, 1.807) is 6.92 Å². The van der Waals surface area contributed by atoms with Crippen molar-refractivity contribution in [3.05, 3.63) is 0 Å². The van der Waals surface area contributed by atoms with E-state index in [1.165, 1.54) is 0 Å². The number of rotatable bonds is 2. The maximum atomic E-state index is 10.4. The van der Waals surface area contributed by atoms with Crippen LogP contribution in [0.3, 0.4) is 0 Å². The van der Waals surface area contributed by atoms with Crippen LogP contribution in [0.15, 0.2) is 0 Å². The SMILES string of the molecule is C[C](=O)[Ru][O]C(C)(C)C. The first kappa shape index (κ1) is 9.25. The quantitative estimate of drug-likeness (QED) is 0.652. The summed E-state index contributed by atoms with van der Waals surface area (Å²) >= 11 is -0.502. The summed E-state index contributed by atoms with van der Waals surface area (Å²) in [5.74, 6) is 0. The van der Waals surface area contributed by atoms with Gasteiger partial charge in [-0.3, -0.25) is 0 Å². The monoisotopic (exact) mass is 218 g/mol. The molecule has 0 aromatic carbocycles. The van der Waals surface area contributed by atoms with Crippen molar-refractivity contribution >= 4 is 4.38 Å². The van der Waals surface area contributed by atoms with E-state index in [-0.39, 0.29) is 9.98 Å². The fourth-order valence-corrected chi connectivity index (χ4v) is 0.941. The normalized spacial score (nSPS) is 12.0. The molecule has 0 atom stereocenters. The zero-order valence-electron chi connectivity index (χ0n) is 6.17. The van der Waals surface area contributed by atoms with Crippen LogP contribution >= 0.6 is 0 Å². The summed E-state index contributed by atoms with van der Waals surface area (Å²) in [6, 6.07) is 0. The van der Waals surface area contributed by atoms with E-state index in [2.05, 4.69) is 0 Å². The zero-order chi connectivity index (χ0) is 7.49. The van der Waals surface area contributed by atoms with Gasteiger partial charge < -0.3 is 0 Å². The van der Waals surface area contributed by atoms with Gasteiger partial charge in [0.05, 0.1) is 0 Å². The molecular formula is C6H12O2Ru. The van der Waals surface area contributed by atoms with Crippen molar-refractivity contribution in [1.29, 1.82) is 0 Å². The van der Waals surface area contributed by atoms with Gasteiger partial charge in [-0.25, -0.2) is 0 Å². The standard InChI is InChI=1S/C4H9O.C2H3O.Ru/c1-4(2,3)5;1-2-3;/h1-3H3;1H3;/q-1;;+1. The first-order valence-corrected chi connectivity index (χ1v) is 4.31. The third-order valence-corrected chi connectivity index (χ3v) is 2.10. The van der Waals surface area contributed by atoms with E-state index in [1.807, 2.05) is 20.8 Å². The molecule has 0 amide bonds. The van der Waals surface area contributed by atoms with Crippen LogP contribution in [0, 0.1) is 0 Å². The fourth-order valence-electron chi connectivity index (χ4n) is 0.159. The Morgan fingerprint density at radius 1 is 1.44 bits per heavy atom. The second-order valence-corrected chi connectivity index (χ2v) is 4.64. The van der Waals surface area contributed by atoms with Crippen molar-refractivity contribution in [2.75, 3.05) is 0 Å². The van der Waals surface area contributed by atoms with Gasteiger partial charge in [0.25, 0.3) is 0 Å². The van der Waals surface area contributed by atoms with Crippen molar-refractivity contribution < 1.29 is 25.8 Å². The van der Waals surface area contributed by atoms with Crippen molar-refractivity contribution in [3.63, 3.8) is 0 Å². The van der Waals surface area contributed by atoms with Crippen LogP contribution in [-0.4, -0.2) is 9.98 Å². The van der Waals surface area contributed by atoms with Crippen LogP contribution in [0.1, 0.15) is 27.7 Å². The Labute approximate surface area is 64.0 Å². The van der Waals surface area contributed by atoms with Gasteiger partial charge in [0.1, 0.15) is 0 Å². The molecule has 9 heavy (non-hydrogen) atoms. The summed E-state index contributed by atoms with van der Waals surface area (Å²) in [6.07, 6.45) is 0. The van der Waals surface area contributed by atoms with Gasteiger partial charge in [0.2, 0.25) is 0 Å². The minimum absolute atomic E-state index is 0.149. The van der Waals surface area contributed by atoms with Crippen LogP contribution in [0.25, 0.3) is 0 Å². The summed E-state index contributed by atoms with van der Waals surface area (Å²) in [7, 11) is 0. The Morgan fingerprint density at radius 3 is 2.00 bits per heavy atom. The molecule has 0 spiro atoms. The molecule has 0 bridgehead atoms. The Balaban J connectivity index is 3.39. The summed E-state index contributed by atoms with van der Waals surface area (Å²) in [4.78, 5) is 10.4. The predicted octanol–water partition coefficient (Wildman–Crippen LogP) is 1.35. The van der Waals surface area contributed by atoms with Crippen LogP contribution in [0.4, 0.5) is 0 Å². The van der Waals surface area contributed by atoms with Crippen LogP contribution < -0.4 is 0 Å². The Morgan fingerprint density at radius 2 is 1.89 bits per heavy atom. The summed E-state index contributed by atoms with van der Waals surface area (Å²) in [5.41, 5.74) is -0.149. The fraction of sp³-hybridized carbons (Fsp3) is 0.833. The Hall–Kier alpha value is 0.253. The van der Waals surface area contributed by atoms with Crippen molar-refractivity contribution in [3.8, 4) is 0 Å². The van der Waals surface area contributed by atoms with E-state index in [4.69, 9.17) is 3.56 Å². The van der Waals surface area contributed by atoms with Crippen molar-refractivity contribution in [1.82, 2.24) is 0 Å². The topological polar surface area (TPSA) is 26.3 Å². The molecule has 2 nitrogen and oxygen atoms in total. The van der Waals surface area contributed by atoms with Gasteiger partial charge in [-0.2, -0.15) is 0 Å². The molecule has 3 heteroatoms. The first-order valence-electron chi connectivity index (χ1n) is 2.73. The number of carbonyl (C=O) groups excluding carboxylic acids is 1. The van der Waals surface area contributed by atoms with Crippen LogP contribution in [0.2, 0.25) is 0 Å². The van der Waals surface area contributed by atoms with E-state index in [9.17, 15) is 4.79 Å². The van der Waals surface area contributed by atoms with Crippen molar-refractivity contribution in [2.45, 2.75) is 33.3 Å². The molecule has 0 N–H and O–H groups in total. The molecule has 0 rings (SSSR count). The molecule has 0 heterocycles. The summed E-state index contributed by atoms with van der Waals surface area (Å²) < 4.78 is 5.40. The Kier molecular flexibility index (Phi) is 3.53. The van der Waals surface area contributed by atoms with Gasteiger partial charge in [-0.15, -0.1) is 0 Å². The second-order valence-electron chi connectivity index (χ2n) is 2.71. The molecule has 0 aliphatic carbocycles. The molecule has 0 saturated carbocycles. The molecule has 56 valence electrons. The van der Waals surface area contributed by atoms with Gasteiger partial charge in [0.15, 0.2) is 0 Å². The van der Waals surface area contributed by atoms with E-state index in [0.717, 1.165) is 0 Å². The molecule has 0 aromatic heterocycles. The Bertz CT molecular complexity index is 104. The molecule has 0 fully saturated rings. The van der Waals surface area contributed by atoms with Gasteiger partial charge in [-0.1, -0.05) is 0 Å². The van der Waals surface area contributed by atoms with E-state index < -0.39 is 17.5 Å². The average Bonchev–Trinajstić information content (AvgIpc) is 1.59. The van der Waals surface area contributed by atoms with E-state index in [0.29, 0.717) is 0 Å². The zero-order valence-corrected chi connectivity index (χ0v) is 7.91. The molecule has 0 aliphatic heterocycles. The van der Waals surface area contributed by atoms with Crippen LogP contribution in [-0.2, 0) is 25.8 Å². The van der Waals surface area contributed by atoms with Crippen LogP contribution in [0.5, 0.6) is 0 Å². The summed E-state index contributed by atoms with van der Waals surface area (Å²) in [6.45, 7) is 7.41. The van der Waals surface area contributed by atoms with E-state index >= 15 is 0 Å². The van der Waals surface area contributed by atoms with Gasteiger partial charge >= 0.3 is 63.5 Å². The predicted molar refractivity (Wildman–Crippen MR) is 31.5 cm³/mol. The molecule has 0 aromatic rings. The van der Waals surface area contributed by atoms with Gasteiger partial charge in [0, 0.05) is 0 Å². The third kappa shape index (κ3) is 8.25. The number of hydrogen-bond acceptors (Lipinski definition) is 2.